The minimum Gasteiger partial charge on any atom is -0.383 e. The molecule has 0 bridgehead atoms. The molecular weight excluding hydrogens is 476 g/mol. The Hall–Kier alpha value is -2.48. The Kier molecular flexibility index (Phi) is 6.25. The molecular formula is C27H31ClN6S. The molecule has 2 fully saturated rings. The third kappa shape index (κ3) is 4.57. The summed E-state index contributed by atoms with van der Waals surface area (Å²) < 4.78 is 2.32. The lowest BCUT2D eigenvalue weighted by Crippen LogP contribution is -2.32. The Labute approximate surface area is 215 Å². The molecule has 4 heterocycles. The summed E-state index contributed by atoms with van der Waals surface area (Å²) in [6.45, 7) is 2.44. The maximum Gasteiger partial charge on any atom is 0.226 e. The number of fused-ring (bicyclic) bond motifs is 1. The van der Waals surface area contributed by atoms with Crippen molar-refractivity contribution in [3.8, 4) is 10.6 Å². The first-order chi connectivity index (χ1) is 17.0. The second kappa shape index (κ2) is 9.52. The molecule has 4 aromatic rings. The minimum atomic E-state index is 0.203. The maximum absolute atomic E-state index is 6.42. The molecule has 1 aromatic carbocycles. The summed E-state index contributed by atoms with van der Waals surface area (Å²) >= 11 is 7.94. The fourth-order valence-corrected chi connectivity index (χ4v) is 7.08. The normalized spacial score (nSPS) is 21.8. The monoisotopic (exact) mass is 506 g/mol. The predicted octanol–water partition coefficient (Wildman–Crippen LogP) is 6.06. The zero-order valence-corrected chi connectivity index (χ0v) is 21.6. The lowest BCUT2D eigenvalue weighted by atomic mass is 9.83. The number of hydrogen-bond acceptors (Lipinski definition) is 6. The molecule has 35 heavy (non-hydrogen) atoms. The molecule has 1 aliphatic carbocycles. The van der Waals surface area contributed by atoms with E-state index in [0.29, 0.717) is 11.9 Å². The van der Waals surface area contributed by atoms with Crippen LogP contribution in [-0.2, 0) is 6.42 Å². The number of thiazole rings is 1. The van der Waals surface area contributed by atoms with Crippen molar-refractivity contribution in [2.24, 2.45) is 11.8 Å². The largest absolute Gasteiger partial charge is 0.383 e. The summed E-state index contributed by atoms with van der Waals surface area (Å²) in [5, 5.41) is 4.18. The van der Waals surface area contributed by atoms with Crippen LogP contribution in [0.25, 0.3) is 21.6 Å². The fourth-order valence-electron chi connectivity index (χ4n) is 6.08. The molecule has 1 saturated heterocycles. The van der Waals surface area contributed by atoms with Gasteiger partial charge in [-0.05, 0) is 81.2 Å². The van der Waals surface area contributed by atoms with Crippen LogP contribution >= 0.6 is 22.9 Å². The van der Waals surface area contributed by atoms with Gasteiger partial charge in [-0.25, -0.2) is 9.97 Å². The van der Waals surface area contributed by atoms with Gasteiger partial charge in [0, 0.05) is 29.6 Å². The van der Waals surface area contributed by atoms with E-state index < -0.39 is 0 Å². The van der Waals surface area contributed by atoms with Gasteiger partial charge in [0.05, 0.1) is 11.1 Å². The van der Waals surface area contributed by atoms with Crippen molar-refractivity contribution in [1.82, 2.24) is 24.4 Å². The molecule has 3 aromatic heterocycles. The van der Waals surface area contributed by atoms with Crippen molar-refractivity contribution in [1.29, 1.82) is 0 Å². The lowest BCUT2D eigenvalue weighted by molar-refractivity contribution is 0.170. The number of benzene rings is 1. The highest BCUT2D eigenvalue weighted by atomic mass is 35.5. The van der Waals surface area contributed by atoms with Gasteiger partial charge in [0.15, 0.2) is 0 Å². The highest BCUT2D eigenvalue weighted by Gasteiger charge is 2.34. The smallest absolute Gasteiger partial charge is 0.226 e. The first-order valence-electron chi connectivity index (χ1n) is 12.6. The van der Waals surface area contributed by atoms with Crippen molar-refractivity contribution in [2.75, 3.05) is 25.9 Å². The average Bonchev–Trinajstić information content (AvgIpc) is 3.59. The number of nitrogen functional groups attached to an aromatic ring is 1. The third-order valence-corrected chi connectivity index (χ3v) is 9.05. The second-order valence-electron chi connectivity index (χ2n) is 10.2. The molecule has 182 valence electrons. The van der Waals surface area contributed by atoms with Gasteiger partial charge in [-0.2, -0.15) is 4.98 Å². The van der Waals surface area contributed by atoms with Gasteiger partial charge in [0.1, 0.15) is 16.5 Å². The highest BCUT2D eigenvalue weighted by molar-refractivity contribution is 7.13. The van der Waals surface area contributed by atoms with Crippen molar-refractivity contribution in [3.63, 3.8) is 0 Å². The van der Waals surface area contributed by atoms with Crippen molar-refractivity contribution in [3.05, 3.63) is 58.4 Å². The summed E-state index contributed by atoms with van der Waals surface area (Å²) in [5.74, 6) is 2.04. The van der Waals surface area contributed by atoms with Gasteiger partial charge >= 0.3 is 0 Å². The molecule has 0 amide bonds. The Morgan fingerprint density at radius 2 is 1.83 bits per heavy atom. The van der Waals surface area contributed by atoms with Crippen LogP contribution in [0.3, 0.4) is 0 Å². The number of nitrogens with zero attached hydrogens (tertiary/aromatic N) is 5. The third-order valence-electron chi connectivity index (χ3n) is 7.95. The Bertz CT molecular complexity index is 1320. The summed E-state index contributed by atoms with van der Waals surface area (Å²) in [5.41, 5.74) is 10.6. The molecule has 1 aliphatic heterocycles. The van der Waals surface area contributed by atoms with Crippen LogP contribution in [0.5, 0.6) is 0 Å². The molecule has 0 spiro atoms. The van der Waals surface area contributed by atoms with E-state index in [1.165, 1.54) is 50.8 Å². The molecule has 2 unspecified atom stereocenters. The SMILES string of the molecule is CN1CCC(C2CCC(n3cc(-c4nc(Cc5ccccc5)cs4)c4c(N)nc(Cl)nc43)C2)CC1. The van der Waals surface area contributed by atoms with E-state index in [2.05, 4.69) is 62.3 Å². The Morgan fingerprint density at radius 1 is 1.03 bits per heavy atom. The summed E-state index contributed by atoms with van der Waals surface area (Å²) in [7, 11) is 2.24. The van der Waals surface area contributed by atoms with Gasteiger partial charge in [0.25, 0.3) is 0 Å². The lowest BCUT2D eigenvalue weighted by Gasteiger charge is -2.32. The standard InChI is InChI=1S/C27H31ClN6S/c1-33-11-9-18(10-12-33)19-7-8-21(14-19)34-15-22(23-24(29)31-27(28)32-25(23)34)26-30-20(16-35-26)13-17-5-3-2-4-6-17/h2-6,15-16,18-19,21H,7-14H2,1H3,(H2,29,31,32). The molecule has 2 N–H and O–H groups in total. The minimum absolute atomic E-state index is 0.203. The molecule has 2 atom stereocenters. The van der Waals surface area contributed by atoms with Crippen LogP contribution in [0.4, 0.5) is 5.82 Å². The van der Waals surface area contributed by atoms with Crippen LogP contribution in [0, 0.1) is 11.8 Å². The topological polar surface area (TPSA) is 72.9 Å². The molecule has 1 saturated carbocycles. The molecule has 6 nitrogen and oxygen atoms in total. The van der Waals surface area contributed by atoms with Crippen LogP contribution in [-0.4, -0.2) is 44.6 Å². The van der Waals surface area contributed by atoms with Crippen molar-refractivity contribution < 1.29 is 0 Å². The van der Waals surface area contributed by atoms with E-state index in [4.69, 9.17) is 22.3 Å². The van der Waals surface area contributed by atoms with Gasteiger partial charge in [-0.15, -0.1) is 11.3 Å². The number of anilines is 1. The van der Waals surface area contributed by atoms with E-state index >= 15 is 0 Å². The van der Waals surface area contributed by atoms with Crippen LogP contribution in [0.15, 0.2) is 41.9 Å². The van der Waals surface area contributed by atoms with Crippen LogP contribution in [0.2, 0.25) is 5.28 Å². The number of rotatable bonds is 5. The van der Waals surface area contributed by atoms with E-state index in [0.717, 1.165) is 45.6 Å². The van der Waals surface area contributed by atoms with Crippen LogP contribution in [0.1, 0.15) is 49.4 Å². The van der Waals surface area contributed by atoms with Gasteiger partial charge in [-0.1, -0.05) is 30.3 Å². The van der Waals surface area contributed by atoms with Crippen LogP contribution < -0.4 is 5.73 Å². The van der Waals surface area contributed by atoms with Gasteiger partial charge < -0.3 is 15.2 Å². The van der Waals surface area contributed by atoms with Gasteiger partial charge in [0.2, 0.25) is 5.28 Å². The molecule has 0 radical (unpaired) electrons. The summed E-state index contributed by atoms with van der Waals surface area (Å²) in [6, 6.07) is 10.9. The number of nitrogens with two attached hydrogens (primary N) is 1. The first kappa shape index (κ1) is 23.0. The van der Waals surface area contributed by atoms with E-state index in [9.17, 15) is 0 Å². The zero-order valence-electron chi connectivity index (χ0n) is 20.0. The number of hydrogen-bond donors (Lipinski definition) is 1. The Morgan fingerprint density at radius 3 is 2.63 bits per heavy atom. The predicted molar refractivity (Wildman–Crippen MR) is 144 cm³/mol. The maximum atomic E-state index is 6.42. The quantitative estimate of drug-likeness (QED) is 0.333. The molecule has 8 heteroatoms. The first-order valence-corrected chi connectivity index (χ1v) is 13.8. The summed E-state index contributed by atoms with van der Waals surface area (Å²) in [6.07, 6.45) is 9.29. The highest BCUT2D eigenvalue weighted by Crippen LogP contribution is 2.45. The second-order valence-corrected chi connectivity index (χ2v) is 11.4. The number of likely N-dealkylation sites (tertiary alicyclic amines) is 1. The van der Waals surface area contributed by atoms with Gasteiger partial charge in [-0.3, -0.25) is 0 Å². The summed E-state index contributed by atoms with van der Waals surface area (Å²) in [4.78, 5) is 16.4. The molecule has 2 aliphatic rings. The zero-order chi connectivity index (χ0) is 23.9. The van der Waals surface area contributed by atoms with E-state index in [1.807, 2.05) is 6.07 Å². The number of halogens is 1. The number of aromatic nitrogens is 4. The Balaban J connectivity index is 1.32. The fraction of sp³-hybridized carbons (Fsp3) is 0.444. The van der Waals surface area contributed by atoms with E-state index in [-0.39, 0.29) is 5.28 Å². The van der Waals surface area contributed by atoms with Crippen molar-refractivity contribution >= 4 is 39.8 Å². The number of piperidine rings is 1. The van der Waals surface area contributed by atoms with E-state index in [1.54, 1.807) is 11.3 Å². The average molecular weight is 507 g/mol. The molecule has 6 rings (SSSR count). The van der Waals surface area contributed by atoms with Crippen molar-refractivity contribution in [2.45, 2.75) is 44.6 Å².